The lowest BCUT2D eigenvalue weighted by atomic mass is 9.71. The number of carbonyl (C=O) groups excluding carboxylic acids is 1. The van der Waals surface area contributed by atoms with Crippen LogP contribution in [0.4, 0.5) is 0 Å². The zero-order chi connectivity index (χ0) is 43.7. The molecular formula is C46H72O14. The monoisotopic (exact) mass is 848 g/mol. The van der Waals surface area contributed by atoms with Crippen LogP contribution in [0.2, 0.25) is 0 Å². The van der Waals surface area contributed by atoms with Crippen molar-refractivity contribution >= 4 is 5.97 Å². The Morgan fingerprint density at radius 2 is 1.57 bits per heavy atom. The summed E-state index contributed by atoms with van der Waals surface area (Å²) in [6.07, 6.45) is 4.24. The zero-order valence-corrected chi connectivity index (χ0v) is 37.2. The average Bonchev–Trinajstić information content (AvgIpc) is 3.19. The number of rotatable bonds is 7. The minimum atomic E-state index is -1.71. The van der Waals surface area contributed by atoms with Gasteiger partial charge in [-0.15, -0.1) is 0 Å². The Morgan fingerprint density at radius 1 is 0.850 bits per heavy atom. The van der Waals surface area contributed by atoms with E-state index in [9.17, 15) is 25.2 Å². The molecule has 2 bridgehead atoms. The fourth-order valence-electron chi connectivity index (χ4n) is 10.0. The van der Waals surface area contributed by atoms with Crippen molar-refractivity contribution in [1.29, 1.82) is 0 Å². The van der Waals surface area contributed by atoms with Gasteiger partial charge in [-0.2, -0.15) is 0 Å². The molecule has 14 heteroatoms. The normalized spacial score (nSPS) is 48.2. The van der Waals surface area contributed by atoms with Crippen molar-refractivity contribution in [2.24, 2.45) is 23.7 Å². The molecule has 6 aliphatic rings. The van der Waals surface area contributed by atoms with Crippen LogP contribution in [0.1, 0.15) is 100 Å². The van der Waals surface area contributed by atoms with E-state index in [1.54, 1.807) is 47.1 Å². The fraction of sp³-hybridized carbons (Fsp3) is 0.804. The lowest BCUT2D eigenvalue weighted by Crippen LogP contribution is -2.59. The quantitative estimate of drug-likeness (QED) is 0.203. The molecule has 5 aliphatic heterocycles. The molecule has 4 N–H and O–H groups in total. The molecule has 0 aromatic heterocycles. The Labute approximate surface area is 356 Å². The maximum Gasteiger partial charge on any atom is 0.316 e. The van der Waals surface area contributed by atoms with Gasteiger partial charge in [-0.1, -0.05) is 58.1 Å². The summed E-state index contributed by atoms with van der Waals surface area (Å²) in [5.74, 6) is -3.03. The number of hydrogen-bond donors (Lipinski definition) is 4. The van der Waals surface area contributed by atoms with Gasteiger partial charge in [0.1, 0.15) is 29.8 Å². The van der Waals surface area contributed by atoms with Crippen molar-refractivity contribution in [3.05, 3.63) is 47.1 Å². The summed E-state index contributed by atoms with van der Waals surface area (Å²) in [5, 5.41) is 45.0. The largest absolute Gasteiger partial charge is 0.462 e. The predicted octanol–water partition coefficient (Wildman–Crippen LogP) is 4.80. The Balaban J connectivity index is 1.28. The molecule has 5 heterocycles. The number of hydrogen-bond acceptors (Lipinski definition) is 14. The third-order valence-corrected chi connectivity index (χ3v) is 13.9. The second kappa shape index (κ2) is 19.8. The molecule has 1 aliphatic carbocycles. The van der Waals surface area contributed by atoms with E-state index in [4.69, 9.17) is 42.6 Å². The minimum absolute atomic E-state index is 0.0663. The molecular weight excluding hydrogens is 776 g/mol. The molecule has 7 unspecified atom stereocenters. The van der Waals surface area contributed by atoms with Gasteiger partial charge < -0.3 is 63.1 Å². The van der Waals surface area contributed by atoms with Gasteiger partial charge in [0.15, 0.2) is 18.4 Å². The van der Waals surface area contributed by atoms with Gasteiger partial charge in [0.25, 0.3) is 0 Å². The molecule has 340 valence electrons. The van der Waals surface area contributed by atoms with Crippen molar-refractivity contribution in [3.8, 4) is 0 Å². The van der Waals surface area contributed by atoms with E-state index in [2.05, 4.69) is 19.9 Å². The molecule has 6 rings (SSSR count). The lowest BCUT2D eigenvalue weighted by Gasteiger charge is -2.52. The van der Waals surface area contributed by atoms with Gasteiger partial charge in [-0.25, -0.2) is 0 Å². The standard InChI is InChI=1S/C46H72O14/c1-24(2)42-29(7)35(48)21-45(60-42)20-32-17-31(59-45)15-14-26(4)43(25(3)12-11-13-28(6)46(51)22-34(47)27(5)16-33(46)44(50)56-32)58-39-18-36(52-9)38(23-54-39)57-40-19-37(53-10)41(49)30(8)55-40/h11-14,16,24-25,29-43,47-49,51H,15,17-23H2,1-10H3/b12-11+,26-14+,28-13+/t25-,29-,30?,31+,32-,33-,34-,35-,36?,37?,38?,39?,40?,41?,42+,43-,45-,46+/m0/s1. The second-order valence-electron chi connectivity index (χ2n) is 18.7. The van der Waals surface area contributed by atoms with Crippen molar-refractivity contribution in [2.45, 2.75) is 191 Å². The van der Waals surface area contributed by atoms with E-state index in [0.29, 0.717) is 36.8 Å². The summed E-state index contributed by atoms with van der Waals surface area (Å²) < 4.78 is 56.7. The van der Waals surface area contributed by atoms with Gasteiger partial charge in [0.05, 0.1) is 55.4 Å². The third-order valence-electron chi connectivity index (χ3n) is 13.9. The van der Waals surface area contributed by atoms with E-state index < -0.39 is 90.8 Å². The summed E-state index contributed by atoms with van der Waals surface area (Å²) in [7, 11) is 3.20. The number of aliphatic hydroxyl groups excluding tert-OH is 3. The maximum atomic E-state index is 14.2. The van der Waals surface area contributed by atoms with Crippen LogP contribution in [0.15, 0.2) is 47.1 Å². The summed E-state index contributed by atoms with van der Waals surface area (Å²) in [4.78, 5) is 14.2. The summed E-state index contributed by atoms with van der Waals surface area (Å²) >= 11 is 0. The first-order valence-electron chi connectivity index (χ1n) is 22.0. The molecule has 0 aromatic carbocycles. The Kier molecular flexibility index (Phi) is 15.6. The van der Waals surface area contributed by atoms with Crippen LogP contribution >= 0.6 is 0 Å². The molecule has 4 fully saturated rings. The number of ether oxygens (including phenoxy) is 9. The molecule has 18 atom stereocenters. The average molecular weight is 849 g/mol. The number of methoxy groups -OCH3 is 2. The summed E-state index contributed by atoms with van der Waals surface area (Å²) in [5.41, 5.74) is 0.333. The van der Waals surface area contributed by atoms with Crippen LogP contribution in [0.3, 0.4) is 0 Å². The lowest BCUT2D eigenvalue weighted by molar-refractivity contribution is -0.353. The van der Waals surface area contributed by atoms with Crippen molar-refractivity contribution in [1.82, 2.24) is 0 Å². The molecule has 14 nitrogen and oxygen atoms in total. The predicted molar refractivity (Wildman–Crippen MR) is 220 cm³/mol. The molecule has 60 heavy (non-hydrogen) atoms. The van der Waals surface area contributed by atoms with Crippen molar-refractivity contribution in [3.63, 3.8) is 0 Å². The van der Waals surface area contributed by atoms with Crippen LogP contribution in [-0.2, 0) is 47.4 Å². The topological polar surface area (TPSA) is 181 Å². The molecule has 0 radical (unpaired) electrons. The van der Waals surface area contributed by atoms with Crippen LogP contribution < -0.4 is 0 Å². The van der Waals surface area contributed by atoms with E-state index in [0.717, 1.165) is 5.57 Å². The highest BCUT2D eigenvalue weighted by Crippen LogP contribution is 2.46. The molecule has 0 aromatic rings. The Bertz CT molecular complexity index is 1590. The third kappa shape index (κ3) is 10.5. The van der Waals surface area contributed by atoms with Gasteiger partial charge in [0, 0.05) is 64.6 Å². The Morgan fingerprint density at radius 3 is 2.27 bits per heavy atom. The smallest absolute Gasteiger partial charge is 0.316 e. The zero-order valence-electron chi connectivity index (χ0n) is 37.2. The highest BCUT2D eigenvalue weighted by atomic mass is 16.7. The van der Waals surface area contributed by atoms with Crippen LogP contribution in [-0.4, -0.2) is 138 Å². The van der Waals surface area contributed by atoms with E-state index in [-0.39, 0.29) is 55.8 Å². The van der Waals surface area contributed by atoms with Crippen molar-refractivity contribution < 1.29 is 67.9 Å². The highest BCUT2D eigenvalue weighted by Gasteiger charge is 2.54. The summed E-state index contributed by atoms with van der Waals surface area (Å²) in [6, 6.07) is 0. The van der Waals surface area contributed by atoms with E-state index in [1.165, 1.54) is 0 Å². The van der Waals surface area contributed by atoms with Crippen molar-refractivity contribution in [2.75, 3.05) is 20.8 Å². The van der Waals surface area contributed by atoms with Gasteiger partial charge in [0.2, 0.25) is 0 Å². The first-order valence-corrected chi connectivity index (χ1v) is 22.0. The van der Waals surface area contributed by atoms with Gasteiger partial charge in [-0.3, -0.25) is 4.79 Å². The van der Waals surface area contributed by atoms with Crippen LogP contribution in [0, 0.1) is 23.7 Å². The summed E-state index contributed by atoms with van der Waals surface area (Å²) in [6.45, 7) is 15.7. The molecule has 0 saturated carbocycles. The highest BCUT2D eigenvalue weighted by molar-refractivity contribution is 5.78. The first kappa shape index (κ1) is 47.4. The Hall–Kier alpha value is -2.05. The van der Waals surface area contributed by atoms with E-state index >= 15 is 0 Å². The van der Waals surface area contributed by atoms with Gasteiger partial charge in [-0.05, 0) is 56.8 Å². The number of carbonyl (C=O) groups is 1. The number of allylic oxidation sites excluding steroid dienone is 2. The van der Waals surface area contributed by atoms with Crippen LogP contribution in [0.5, 0.6) is 0 Å². The molecule has 4 saturated heterocycles. The minimum Gasteiger partial charge on any atom is -0.462 e. The molecule has 1 spiro atoms. The number of esters is 1. The number of fused-ring (bicyclic) bond motifs is 3. The van der Waals surface area contributed by atoms with E-state index in [1.807, 2.05) is 32.9 Å². The molecule has 0 amide bonds. The van der Waals surface area contributed by atoms with Gasteiger partial charge >= 0.3 is 5.97 Å². The fourth-order valence-corrected chi connectivity index (χ4v) is 10.0. The van der Waals surface area contributed by atoms with Crippen LogP contribution in [0.25, 0.3) is 0 Å². The first-order chi connectivity index (χ1) is 28.4. The second-order valence-corrected chi connectivity index (χ2v) is 18.7. The SMILES string of the molecule is COC1CC(O[C@@H]2/C(C)=C/C[C@@H]3C[C@@H](C[C@]4(C[C@H](O)[C@H](C)[C@@H](C(C)C)O4)O3)OC(=O)[C@@H]3C=C(C)[C@@H](O)C[C@@]3(O)/C(C)=C/C=C/[C@@H]2C)OCC1OC1CC(OC)C(O)C(C)O1. The number of aliphatic hydroxyl groups is 4. The maximum absolute atomic E-state index is 14.2.